The molecule has 3 heterocycles. The van der Waals surface area contributed by atoms with E-state index in [1.54, 1.807) is 12.4 Å². The molecule has 4 rings (SSSR count). The van der Waals surface area contributed by atoms with Gasteiger partial charge in [-0.25, -0.2) is 23.1 Å². The maximum atomic E-state index is 12.6. The number of sulfonamides is 1. The minimum atomic E-state index is -4.24. The van der Waals surface area contributed by atoms with Gasteiger partial charge in [0.15, 0.2) is 0 Å². The highest BCUT2D eigenvalue weighted by Gasteiger charge is 2.33. The second-order valence-corrected chi connectivity index (χ2v) is 9.54. The fraction of sp³-hybridized carbons (Fsp3) is 0.556. The minimum Gasteiger partial charge on any atom is -0.346 e. The average Bonchev–Trinajstić information content (AvgIpc) is 3.35. The van der Waals surface area contributed by atoms with Gasteiger partial charge in [0.2, 0.25) is 10.0 Å². The van der Waals surface area contributed by atoms with Crippen LogP contribution in [0.2, 0.25) is 0 Å². The number of halogens is 3. The van der Waals surface area contributed by atoms with Crippen LogP contribution >= 0.6 is 0 Å². The smallest absolute Gasteiger partial charge is 0.346 e. The quantitative estimate of drug-likeness (QED) is 0.519. The van der Waals surface area contributed by atoms with Crippen LogP contribution in [0.25, 0.3) is 22.1 Å². The summed E-state index contributed by atoms with van der Waals surface area (Å²) in [5, 5.41) is 3.49. The largest absolute Gasteiger partial charge is 0.401 e. The number of H-pyrrole nitrogens is 1. The van der Waals surface area contributed by atoms with Gasteiger partial charge in [-0.3, -0.25) is 0 Å². The summed E-state index contributed by atoms with van der Waals surface area (Å²) >= 11 is 0. The Bertz CT molecular complexity index is 1150. The highest BCUT2D eigenvalue weighted by Crippen LogP contribution is 2.36. The molecule has 8 nitrogen and oxygen atoms in total. The second-order valence-electron chi connectivity index (χ2n) is 7.71. The molecule has 3 N–H and O–H groups in total. The van der Waals surface area contributed by atoms with Gasteiger partial charge in [-0.15, -0.1) is 0 Å². The first-order valence-electron chi connectivity index (χ1n) is 9.68. The number of alkyl halides is 3. The Morgan fingerprint density at radius 1 is 1.33 bits per heavy atom. The van der Waals surface area contributed by atoms with Crippen LogP contribution in [0.4, 0.5) is 13.2 Å². The Balaban J connectivity index is 1.66. The van der Waals surface area contributed by atoms with Crippen molar-refractivity contribution in [2.45, 2.75) is 43.9 Å². The Morgan fingerprint density at radius 2 is 2.13 bits per heavy atom. The van der Waals surface area contributed by atoms with Gasteiger partial charge in [-0.1, -0.05) is 0 Å². The molecule has 1 aliphatic carbocycles. The van der Waals surface area contributed by atoms with E-state index in [-0.39, 0.29) is 18.6 Å². The second kappa shape index (κ2) is 7.82. The Morgan fingerprint density at radius 3 is 2.87 bits per heavy atom. The van der Waals surface area contributed by atoms with Crippen molar-refractivity contribution in [2.75, 3.05) is 19.3 Å². The molecule has 0 spiro atoms. The van der Waals surface area contributed by atoms with E-state index >= 15 is 0 Å². The number of nitrogens with zero attached hydrogens (tertiary/aromatic N) is 3. The third kappa shape index (κ3) is 4.60. The van der Waals surface area contributed by atoms with Crippen molar-refractivity contribution in [3.8, 4) is 0 Å². The Labute approximate surface area is 171 Å². The maximum Gasteiger partial charge on any atom is 0.401 e. The van der Waals surface area contributed by atoms with E-state index in [2.05, 4.69) is 29.6 Å². The number of aromatic nitrogens is 4. The van der Waals surface area contributed by atoms with Crippen LogP contribution in [-0.4, -0.2) is 59.5 Å². The molecule has 12 heteroatoms. The number of imidazole rings is 1. The van der Waals surface area contributed by atoms with E-state index in [1.807, 2.05) is 6.07 Å². The topological polar surface area (TPSA) is 105 Å². The van der Waals surface area contributed by atoms with Gasteiger partial charge in [0.1, 0.15) is 17.0 Å². The molecule has 1 unspecified atom stereocenters. The number of nitrogens with one attached hydrogen (secondary N) is 3. The van der Waals surface area contributed by atoms with E-state index in [0.717, 1.165) is 17.2 Å². The first-order valence-corrected chi connectivity index (χ1v) is 11.6. The zero-order valence-corrected chi connectivity index (χ0v) is 17.1. The molecule has 0 aromatic carbocycles. The molecular weight excluding hydrogens is 421 g/mol. The fourth-order valence-corrected chi connectivity index (χ4v) is 4.67. The zero-order valence-electron chi connectivity index (χ0n) is 16.3. The molecule has 1 fully saturated rings. The van der Waals surface area contributed by atoms with Crippen molar-refractivity contribution in [3.63, 3.8) is 0 Å². The summed E-state index contributed by atoms with van der Waals surface area (Å²) in [6.07, 6.45) is 2.54. The lowest BCUT2D eigenvalue weighted by Crippen LogP contribution is -2.35. The van der Waals surface area contributed by atoms with Gasteiger partial charge in [0.05, 0.1) is 24.5 Å². The molecule has 30 heavy (non-hydrogen) atoms. The Hall–Kier alpha value is -2.18. The van der Waals surface area contributed by atoms with Crippen molar-refractivity contribution in [3.05, 3.63) is 24.3 Å². The number of aromatic amines is 1. The van der Waals surface area contributed by atoms with Crippen LogP contribution in [0.5, 0.6) is 0 Å². The molecule has 0 bridgehead atoms. The number of hydrogen-bond acceptors (Lipinski definition) is 5. The van der Waals surface area contributed by atoms with Crippen LogP contribution in [0, 0.1) is 0 Å². The molecule has 2 atom stereocenters. The van der Waals surface area contributed by atoms with Crippen molar-refractivity contribution >= 4 is 32.1 Å². The van der Waals surface area contributed by atoms with Crippen LogP contribution in [0.1, 0.15) is 31.1 Å². The number of rotatable bonds is 7. The molecule has 0 radical (unpaired) electrons. The van der Waals surface area contributed by atoms with E-state index in [1.165, 1.54) is 0 Å². The molecule has 3 aromatic heterocycles. The van der Waals surface area contributed by atoms with Crippen LogP contribution < -0.4 is 10.0 Å². The third-order valence-corrected chi connectivity index (χ3v) is 6.11. The number of pyridine rings is 1. The zero-order chi connectivity index (χ0) is 21.5. The lowest BCUT2D eigenvalue weighted by Gasteiger charge is -2.19. The van der Waals surface area contributed by atoms with E-state index in [9.17, 15) is 21.6 Å². The first kappa shape index (κ1) is 21.1. The van der Waals surface area contributed by atoms with Gasteiger partial charge in [-0.05, 0) is 25.3 Å². The van der Waals surface area contributed by atoms with Crippen molar-refractivity contribution in [1.29, 1.82) is 0 Å². The molecule has 0 saturated heterocycles. The first-order chi connectivity index (χ1) is 14.1. The van der Waals surface area contributed by atoms with Crippen molar-refractivity contribution in [1.82, 2.24) is 29.6 Å². The summed E-state index contributed by atoms with van der Waals surface area (Å²) in [6.45, 7) is -0.819. The molecule has 3 aromatic rings. The maximum absolute atomic E-state index is 12.6. The SMILES string of the molecule is CS(=O)(=O)NCCc1nc2cnc3[nH]ccc3c2n1[C@H]1CCC(NCC(F)(F)F)C1. The van der Waals surface area contributed by atoms with Crippen molar-refractivity contribution in [2.24, 2.45) is 0 Å². The molecule has 0 amide bonds. The minimum absolute atomic E-state index is 0.0329. The average molecular weight is 444 g/mol. The van der Waals surface area contributed by atoms with Gasteiger partial charge in [-0.2, -0.15) is 13.2 Å². The highest BCUT2D eigenvalue weighted by atomic mass is 32.2. The molecule has 1 aliphatic rings. The van der Waals surface area contributed by atoms with E-state index in [4.69, 9.17) is 0 Å². The summed E-state index contributed by atoms with van der Waals surface area (Å²) in [5.74, 6) is 0.693. The normalized spacial score (nSPS) is 20.5. The highest BCUT2D eigenvalue weighted by molar-refractivity contribution is 7.88. The summed E-state index contributed by atoms with van der Waals surface area (Å²) in [4.78, 5) is 12.1. The van der Waals surface area contributed by atoms with E-state index in [0.29, 0.717) is 42.7 Å². The third-order valence-electron chi connectivity index (χ3n) is 5.38. The summed E-state index contributed by atoms with van der Waals surface area (Å²) < 4.78 is 65.1. The Kier molecular flexibility index (Phi) is 5.49. The van der Waals surface area contributed by atoms with Gasteiger partial charge < -0.3 is 14.9 Å². The predicted molar refractivity (Wildman–Crippen MR) is 107 cm³/mol. The van der Waals surface area contributed by atoms with Gasteiger partial charge in [0.25, 0.3) is 0 Å². The lowest BCUT2D eigenvalue weighted by atomic mass is 10.2. The van der Waals surface area contributed by atoms with Crippen LogP contribution in [0.3, 0.4) is 0 Å². The molecule has 164 valence electrons. The summed E-state index contributed by atoms with van der Waals surface area (Å²) in [6, 6.07) is 1.63. The standard InChI is InChI=1S/C18H23F3N6O2S/c1-30(28,29)25-7-5-15-26-14-9-23-17-13(4-6-22-17)16(14)27(15)12-3-2-11(8-12)24-10-18(19,20)21/h4,6,9,11-12,24-25H,2-3,5,7-8,10H2,1H3,(H,22,23)/t11?,12-/m0/s1. The fourth-order valence-electron chi connectivity index (χ4n) is 4.20. The predicted octanol–water partition coefficient (Wildman–Crippen LogP) is 2.25. The van der Waals surface area contributed by atoms with Crippen LogP contribution in [-0.2, 0) is 16.4 Å². The monoisotopic (exact) mass is 444 g/mol. The number of hydrogen-bond donors (Lipinski definition) is 3. The molecular formula is C18H23F3N6O2S. The van der Waals surface area contributed by atoms with Crippen molar-refractivity contribution < 1.29 is 21.6 Å². The van der Waals surface area contributed by atoms with Gasteiger partial charge in [0, 0.05) is 36.6 Å². The summed E-state index contributed by atoms with van der Waals surface area (Å²) in [5.41, 5.74) is 2.26. The lowest BCUT2D eigenvalue weighted by molar-refractivity contribution is -0.126. The molecule has 0 aliphatic heterocycles. The number of fused-ring (bicyclic) bond motifs is 3. The van der Waals surface area contributed by atoms with Crippen LogP contribution in [0.15, 0.2) is 18.5 Å². The molecule has 1 saturated carbocycles. The summed E-state index contributed by atoms with van der Waals surface area (Å²) in [7, 11) is -3.33. The van der Waals surface area contributed by atoms with E-state index < -0.39 is 22.7 Å². The van der Waals surface area contributed by atoms with Gasteiger partial charge >= 0.3 is 6.18 Å².